The third-order valence-corrected chi connectivity index (χ3v) is 4.11. The molecule has 20 heavy (non-hydrogen) atoms. The van der Waals surface area contributed by atoms with Crippen LogP contribution in [0.2, 0.25) is 0 Å². The van der Waals surface area contributed by atoms with E-state index in [4.69, 9.17) is 4.74 Å². The molecule has 0 spiro atoms. The van der Waals surface area contributed by atoms with Crippen LogP contribution in [0.1, 0.15) is 11.1 Å². The Bertz CT molecular complexity index is 669. The third kappa shape index (κ3) is 1.90. The first-order valence-corrected chi connectivity index (χ1v) is 7.46. The van der Waals surface area contributed by atoms with E-state index >= 15 is 0 Å². The van der Waals surface area contributed by atoms with Crippen LogP contribution < -0.4 is 0 Å². The SMILES string of the molecule is COC(=O)C(CBr)=C1c2ccccc2-c2ccccc21. The molecule has 0 aromatic heterocycles. The van der Waals surface area contributed by atoms with Crippen molar-refractivity contribution in [3.05, 3.63) is 65.2 Å². The maximum absolute atomic E-state index is 12.0. The second-order valence-electron chi connectivity index (χ2n) is 4.57. The Balaban J connectivity index is 2.36. The maximum atomic E-state index is 12.0. The standard InChI is InChI=1S/C17H13BrO2/c1-20-17(19)15(10-18)16-13-8-4-2-6-11(13)12-7-3-5-9-14(12)16/h2-9H,10H2,1H3. The Morgan fingerprint density at radius 1 is 0.950 bits per heavy atom. The van der Waals surface area contributed by atoms with Gasteiger partial charge in [-0.05, 0) is 22.3 Å². The predicted molar refractivity (Wildman–Crippen MR) is 83.7 cm³/mol. The normalized spacial score (nSPS) is 11.8. The van der Waals surface area contributed by atoms with Gasteiger partial charge in [0.15, 0.2) is 0 Å². The molecular weight excluding hydrogens is 316 g/mol. The predicted octanol–water partition coefficient (Wildman–Crippen LogP) is 4.04. The minimum atomic E-state index is -0.289. The van der Waals surface area contributed by atoms with E-state index in [0.717, 1.165) is 16.7 Å². The average molecular weight is 329 g/mol. The smallest absolute Gasteiger partial charge is 0.335 e. The van der Waals surface area contributed by atoms with E-state index < -0.39 is 0 Å². The largest absolute Gasteiger partial charge is 0.466 e. The minimum absolute atomic E-state index is 0.289. The highest BCUT2D eigenvalue weighted by Crippen LogP contribution is 2.45. The van der Waals surface area contributed by atoms with Crippen LogP contribution >= 0.6 is 15.9 Å². The summed E-state index contributed by atoms with van der Waals surface area (Å²) in [5.74, 6) is -0.289. The van der Waals surface area contributed by atoms with Crippen molar-refractivity contribution in [3.8, 4) is 11.1 Å². The number of hydrogen-bond donors (Lipinski definition) is 0. The number of carbonyl (C=O) groups is 1. The monoisotopic (exact) mass is 328 g/mol. The highest BCUT2D eigenvalue weighted by molar-refractivity contribution is 9.09. The summed E-state index contributed by atoms with van der Waals surface area (Å²) in [6.45, 7) is 0. The van der Waals surface area contributed by atoms with Gasteiger partial charge < -0.3 is 4.74 Å². The molecule has 0 radical (unpaired) electrons. The van der Waals surface area contributed by atoms with Gasteiger partial charge in [0.1, 0.15) is 0 Å². The summed E-state index contributed by atoms with van der Waals surface area (Å²) in [4.78, 5) is 12.0. The summed E-state index contributed by atoms with van der Waals surface area (Å²) < 4.78 is 4.92. The molecule has 0 unspecified atom stereocenters. The van der Waals surface area contributed by atoms with E-state index in [9.17, 15) is 4.79 Å². The molecule has 0 fully saturated rings. The lowest BCUT2D eigenvalue weighted by atomic mass is 9.99. The molecule has 0 heterocycles. The number of benzene rings is 2. The van der Waals surface area contributed by atoms with Crippen LogP contribution in [0.3, 0.4) is 0 Å². The summed E-state index contributed by atoms with van der Waals surface area (Å²) in [6.07, 6.45) is 0. The van der Waals surface area contributed by atoms with Crippen molar-refractivity contribution >= 4 is 27.5 Å². The Kier molecular flexibility index (Phi) is 3.45. The number of rotatable bonds is 2. The zero-order valence-corrected chi connectivity index (χ0v) is 12.6. The topological polar surface area (TPSA) is 26.3 Å². The Labute approximate surface area is 126 Å². The second kappa shape index (κ2) is 5.25. The molecule has 1 aliphatic carbocycles. The summed E-state index contributed by atoms with van der Waals surface area (Å²) in [5, 5.41) is 0.470. The summed E-state index contributed by atoms with van der Waals surface area (Å²) in [5.41, 5.74) is 6.15. The van der Waals surface area contributed by atoms with Crippen LogP contribution in [-0.2, 0) is 9.53 Å². The van der Waals surface area contributed by atoms with Gasteiger partial charge >= 0.3 is 5.97 Å². The first-order chi connectivity index (χ1) is 9.77. The Morgan fingerprint density at radius 3 is 1.80 bits per heavy atom. The van der Waals surface area contributed by atoms with Crippen molar-refractivity contribution in [1.82, 2.24) is 0 Å². The van der Waals surface area contributed by atoms with Gasteiger partial charge in [-0.1, -0.05) is 64.5 Å². The maximum Gasteiger partial charge on any atom is 0.335 e. The number of halogens is 1. The molecule has 100 valence electrons. The van der Waals surface area contributed by atoms with Gasteiger partial charge in [-0.15, -0.1) is 0 Å². The molecule has 3 heteroatoms. The van der Waals surface area contributed by atoms with E-state index in [1.807, 2.05) is 24.3 Å². The number of hydrogen-bond acceptors (Lipinski definition) is 2. The van der Waals surface area contributed by atoms with E-state index in [1.54, 1.807) is 0 Å². The molecule has 0 atom stereocenters. The van der Waals surface area contributed by atoms with Crippen LogP contribution in [0.5, 0.6) is 0 Å². The number of fused-ring (bicyclic) bond motifs is 3. The van der Waals surface area contributed by atoms with Crippen LogP contribution in [0.4, 0.5) is 0 Å². The summed E-state index contributed by atoms with van der Waals surface area (Å²) in [6, 6.07) is 16.3. The summed E-state index contributed by atoms with van der Waals surface area (Å²) in [7, 11) is 1.41. The quantitative estimate of drug-likeness (QED) is 0.403. The number of alkyl halides is 1. The number of ether oxygens (including phenoxy) is 1. The van der Waals surface area contributed by atoms with E-state index in [-0.39, 0.29) is 5.97 Å². The number of esters is 1. The zero-order chi connectivity index (χ0) is 14.1. The van der Waals surface area contributed by atoms with Crippen LogP contribution in [0.25, 0.3) is 16.7 Å². The molecule has 0 saturated heterocycles. The molecule has 3 rings (SSSR count). The molecule has 0 aliphatic heterocycles. The molecule has 0 saturated carbocycles. The minimum Gasteiger partial charge on any atom is -0.466 e. The van der Waals surface area contributed by atoms with Gasteiger partial charge in [0.05, 0.1) is 12.7 Å². The van der Waals surface area contributed by atoms with Crippen LogP contribution in [0, 0.1) is 0 Å². The molecule has 1 aliphatic rings. The van der Waals surface area contributed by atoms with Crippen molar-refractivity contribution in [2.24, 2.45) is 0 Å². The van der Waals surface area contributed by atoms with Gasteiger partial charge in [-0.2, -0.15) is 0 Å². The molecule has 0 bridgehead atoms. The van der Waals surface area contributed by atoms with Crippen molar-refractivity contribution in [1.29, 1.82) is 0 Å². The van der Waals surface area contributed by atoms with Crippen LogP contribution in [-0.4, -0.2) is 18.4 Å². The fraction of sp³-hybridized carbons (Fsp3) is 0.118. The van der Waals surface area contributed by atoms with Crippen molar-refractivity contribution in [2.75, 3.05) is 12.4 Å². The highest BCUT2D eigenvalue weighted by atomic mass is 79.9. The average Bonchev–Trinajstić information content (AvgIpc) is 2.83. The molecular formula is C17H13BrO2. The lowest BCUT2D eigenvalue weighted by Crippen LogP contribution is -2.08. The third-order valence-electron chi connectivity index (χ3n) is 3.55. The second-order valence-corrected chi connectivity index (χ2v) is 5.13. The van der Waals surface area contributed by atoms with Gasteiger partial charge in [-0.3, -0.25) is 0 Å². The van der Waals surface area contributed by atoms with Crippen molar-refractivity contribution in [3.63, 3.8) is 0 Å². The van der Waals surface area contributed by atoms with E-state index in [1.165, 1.54) is 18.2 Å². The van der Waals surface area contributed by atoms with Gasteiger partial charge in [0.25, 0.3) is 0 Å². The van der Waals surface area contributed by atoms with Crippen LogP contribution in [0.15, 0.2) is 54.1 Å². The fourth-order valence-corrected chi connectivity index (χ4v) is 3.20. The molecule has 0 N–H and O–H groups in total. The van der Waals surface area contributed by atoms with Gasteiger partial charge in [-0.25, -0.2) is 4.79 Å². The number of carbonyl (C=O) groups excluding carboxylic acids is 1. The lowest BCUT2D eigenvalue weighted by molar-refractivity contribution is -0.135. The molecule has 2 aromatic rings. The lowest BCUT2D eigenvalue weighted by Gasteiger charge is -2.09. The zero-order valence-electron chi connectivity index (χ0n) is 11.0. The molecule has 2 aromatic carbocycles. The first-order valence-electron chi connectivity index (χ1n) is 6.34. The van der Waals surface area contributed by atoms with Gasteiger partial charge in [0.2, 0.25) is 0 Å². The Morgan fingerprint density at radius 2 is 1.40 bits per heavy atom. The van der Waals surface area contributed by atoms with Gasteiger partial charge in [0, 0.05) is 10.9 Å². The highest BCUT2D eigenvalue weighted by Gasteiger charge is 2.27. The summed E-state index contributed by atoms with van der Waals surface area (Å²) >= 11 is 3.41. The Hall–Kier alpha value is -1.87. The molecule has 0 amide bonds. The number of methoxy groups -OCH3 is 1. The first kappa shape index (κ1) is 13.1. The van der Waals surface area contributed by atoms with E-state index in [2.05, 4.69) is 40.2 Å². The van der Waals surface area contributed by atoms with Crippen molar-refractivity contribution in [2.45, 2.75) is 0 Å². The molecule has 2 nitrogen and oxygen atoms in total. The van der Waals surface area contributed by atoms with E-state index in [0.29, 0.717) is 10.9 Å². The fourth-order valence-electron chi connectivity index (χ4n) is 2.69. The van der Waals surface area contributed by atoms with Crippen molar-refractivity contribution < 1.29 is 9.53 Å².